The summed E-state index contributed by atoms with van der Waals surface area (Å²) in [6.07, 6.45) is 1.98. The highest BCUT2D eigenvalue weighted by atomic mass is 79.9. The summed E-state index contributed by atoms with van der Waals surface area (Å²) in [5.41, 5.74) is -0.0197. The van der Waals surface area contributed by atoms with Crippen LogP contribution in [-0.4, -0.2) is 17.3 Å². The van der Waals surface area contributed by atoms with E-state index in [-0.39, 0.29) is 10.4 Å². The van der Waals surface area contributed by atoms with E-state index in [9.17, 15) is 9.18 Å². The number of carbonyl (C=O) groups is 1. The van der Waals surface area contributed by atoms with Crippen LogP contribution in [-0.2, 0) is 0 Å². The van der Waals surface area contributed by atoms with Gasteiger partial charge in [-0.1, -0.05) is 40.9 Å². The molecule has 1 unspecified atom stereocenters. The number of alkyl halides is 1. The van der Waals surface area contributed by atoms with Crippen LogP contribution in [0.5, 0.6) is 0 Å². The van der Waals surface area contributed by atoms with Crippen LogP contribution in [0.2, 0.25) is 5.02 Å². The van der Waals surface area contributed by atoms with E-state index in [2.05, 4.69) is 28.2 Å². The summed E-state index contributed by atoms with van der Waals surface area (Å²) < 4.78 is 13.4. The number of amides is 1. The Morgan fingerprint density at radius 1 is 1.59 bits per heavy atom. The normalized spacial score (nSPS) is 12.2. The van der Waals surface area contributed by atoms with Crippen LogP contribution in [0, 0.1) is 5.82 Å². The first-order chi connectivity index (χ1) is 8.04. The van der Waals surface area contributed by atoms with Gasteiger partial charge in [-0.15, -0.1) is 0 Å². The fourth-order valence-electron chi connectivity index (χ4n) is 1.39. The SMILES string of the molecule is CCCC(Br)CNC(=O)c1cc(Cl)ccc1F. The fraction of sp³-hybridized carbons (Fsp3) is 0.417. The molecule has 0 aliphatic heterocycles. The van der Waals surface area contributed by atoms with Crippen molar-refractivity contribution in [2.75, 3.05) is 6.54 Å². The average molecular weight is 323 g/mol. The van der Waals surface area contributed by atoms with Crippen molar-refractivity contribution in [1.29, 1.82) is 0 Å². The van der Waals surface area contributed by atoms with Gasteiger partial charge in [-0.25, -0.2) is 4.39 Å². The van der Waals surface area contributed by atoms with E-state index in [4.69, 9.17) is 11.6 Å². The Hall–Kier alpha value is -0.610. The van der Waals surface area contributed by atoms with Crippen LogP contribution >= 0.6 is 27.5 Å². The van der Waals surface area contributed by atoms with Crippen molar-refractivity contribution in [3.05, 3.63) is 34.6 Å². The molecular formula is C12H14BrClFNO. The molecule has 0 aliphatic rings. The zero-order chi connectivity index (χ0) is 12.8. The Morgan fingerprint density at radius 3 is 2.94 bits per heavy atom. The maximum Gasteiger partial charge on any atom is 0.254 e. The van der Waals surface area contributed by atoms with Crippen LogP contribution in [0.1, 0.15) is 30.1 Å². The number of hydrogen-bond donors (Lipinski definition) is 1. The molecule has 0 bridgehead atoms. The Balaban J connectivity index is 2.61. The molecule has 0 spiro atoms. The van der Waals surface area contributed by atoms with E-state index in [1.807, 2.05) is 0 Å². The van der Waals surface area contributed by atoms with Gasteiger partial charge in [0.1, 0.15) is 5.82 Å². The summed E-state index contributed by atoms with van der Waals surface area (Å²) in [5, 5.41) is 3.01. The number of carbonyl (C=O) groups excluding carboxylic acids is 1. The molecule has 0 fully saturated rings. The second-order valence-corrected chi connectivity index (χ2v) is 5.45. The van der Waals surface area contributed by atoms with Gasteiger partial charge in [-0.05, 0) is 24.6 Å². The highest BCUT2D eigenvalue weighted by Gasteiger charge is 2.13. The Labute approximate surface area is 114 Å². The zero-order valence-corrected chi connectivity index (χ0v) is 11.8. The molecule has 5 heteroatoms. The molecule has 2 nitrogen and oxygen atoms in total. The number of benzene rings is 1. The molecule has 1 aromatic carbocycles. The third kappa shape index (κ3) is 4.64. The van der Waals surface area contributed by atoms with Crippen molar-refractivity contribution >= 4 is 33.4 Å². The predicted molar refractivity (Wildman–Crippen MR) is 71.4 cm³/mol. The van der Waals surface area contributed by atoms with Gasteiger partial charge < -0.3 is 5.32 Å². The van der Waals surface area contributed by atoms with Crippen LogP contribution in [0.15, 0.2) is 18.2 Å². The van der Waals surface area contributed by atoms with E-state index in [0.717, 1.165) is 12.8 Å². The predicted octanol–water partition coefficient (Wildman–Crippen LogP) is 3.77. The first-order valence-corrected chi connectivity index (χ1v) is 6.71. The molecular weight excluding hydrogens is 308 g/mol. The second-order valence-electron chi connectivity index (χ2n) is 3.72. The summed E-state index contributed by atoms with van der Waals surface area (Å²) in [6.45, 7) is 2.53. The van der Waals surface area contributed by atoms with Crippen molar-refractivity contribution in [3.8, 4) is 0 Å². The van der Waals surface area contributed by atoms with Crippen molar-refractivity contribution in [1.82, 2.24) is 5.32 Å². The molecule has 0 heterocycles. The minimum absolute atomic E-state index is 0.0197. The van der Waals surface area contributed by atoms with Gasteiger partial charge in [0.05, 0.1) is 5.56 Å². The summed E-state index contributed by atoms with van der Waals surface area (Å²) in [7, 11) is 0. The van der Waals surface area contributed by atoms with Crippen molar-refractivity contribution < 1.29 is 9.18 Å². The van der Waals surface area contributed by atoms with Gasteiger partial charge in [-0.2, -0.15) is 0 Å². The minimum Gasteiger partial charge on any atom is -0.351 e. The molecule has 1 atom stereocenters. The molecule has 0 radical (unpaired) electrons. The smallest absolute Gasteiger partial charge is 0.254 e. The molecule has 17 heavy (non-hydrogen) atoms. The van der Waals surface area contributed by atoms with Crippen molar-refractivity contribution in [2.45, 2.75) is 24.6 Å². The van der Waals surface area contributed by atoms with Crippen LogP contribution in [0.3, 0.4) is 0 Å². The van der Waals surface area contributed by atoms with E-state index >= 15 is 0 Å². The van der Waals surface area contributed by atoms with Crippen LogP contribution < -0.4 is 5.32 Å². The molecule has 0 saturated carbocycles. The molecule has 0 saturated heterocycles. The number of halogens is 3. The van der Waals surface area contributed by atoms with E-state index in [0.29, 0.717) is 11.6 Å². The Bertz CT molecular complexity index is 400. The van der Waals surface area contributed by atoms with Gasteiger partial charge in [0, 0.05) is 16.4 Å². The molecule has 0 aromatic heterocycles. The molecule has 1 aromatic rings. The zero-order valence-electron chi connectivity index (χ0n) is 9.47. The lowest BCUT2D eigenvalue weighted by atomic mass is 10.2. The summed E-state index contributed by atoms with van der Waals surface area (Å²) >= 11 is 9.15. The average Bonchev–Trinajstić information content (AvgIpc) is 2.29. The largest absolute Gasteiger partial charge is 0.351 e. The lowest BCUT2D eigenvalue weighted by Crippen LogP contribution is -2.30. The van der Waals surface area contributed by atoms with Crippen molar-refractivity contribution in [2.24, 2.45) is 0 Å². The third-order valence-electron chi connectivity index (χ3n) is 2.26. The van der Waals surface area contributed by atoms with Crippen LogP contribution in [0.4, 0.5) is 4.39 Å². The highest BCUT2D eigenvalue weighted by molar-refractivity contribution is 9.09. The molecule has 1 amide bonds. The summed E-state index contributed by atoms with van der Waals surface area (Å²) in [5.74, 6) is -1.00. The summed E-state index contributed by atoms with van der Waals surface area (Å²) in [6, 6.07) is 3.93. The van der Waals surface area contributed by atoms with E-state index < -0.39 is 11.7 Å². The first kappa shape index (κ1) is 14.5. The Morgan fingerprint density at radius 2 is 2.29 bits per heavy atom. The standard InChI is InChI=1S/C12H14BrClFNO/c1-2-3-8(13)7-16-12(17)10-6-9(14)4-5-11(10)15/h4-6,8H,2-3,7H2,1H3,(H,16,17). The molecule has 0 aliphatic carbocycles. The maximum absolute atomic E-state index is 13.4. The molecule has 94 valence electrons. The number of hydrogen-bond acceptors (Lipinski definition) is 1. The maximum atomic E-state index is 13.4. The molecule has 1 rings (SSSR count). The van der Waals surface area contributed by atoms with Gasteiger partial charge in [-0.3, -0.25) is 4.79 Å². The lowest BCUT2D eigenvalue weighted by Gasteiger charge is -2.10. The minimum atomic E-state index is -0.562. The van der Waals surface area contributed by atoms with Crippen LogP contribution in [0.25, 0.3) is 0 Å². The highest BCUT2D eigenvalue weighted by Crippen LogP contribution is 2.15. The quantitative estimate of drug-likeness (QED) is 0.821. The van der Waals surface area contributed by atoms with Gasteiger partial charge in [0.15, 0.2) is 0 Å². The number of rotatable bonds is 5. The summed E-state index contributed by atoms with van der Waals surface area (Å²) in [4.78, 5) is 11.9. The molecule has 1 N–H and O–H groups in total. The third-order valence-corrected chi connectivity index (χ3v) is 3.28. The van der Waals surface area contributed by atoms with Gasteiger partial charge in [0.25, 0.3) is 5.91 Å². The lowest BCUT2D eigenvalue weighted by molar-refractivity contribution is 0.0949. The fourth-order valence-corrected chi connectivity index (χ4v) is 2.18. The topological polar surface area (TPSA) is 29.1 Å². The Kier molecular flexibility index (Phi) is 5.92. The van der Waals surface area contributed by atoms with E-state index in [1.54, 1.807) is 0 Å². The van der Waals surface area contributed by atoms with Gasteiger partial charge in [0.2, 0.25) is 0 Å². The second kappa shape index (κ2) is 6.97. The van der Waals surface area contributed by atoms with E-state index in [1.165, 1.54) is 18.2 Å². The first-order valence-electron chi connectivity index (χ1n) is 5.42. The number of nitrogens with one attached hydrogen (secondary N) is 1. The van der Waals surface area contributed by atoms with Gasteiger partial charge >= 0.3 is 0 Å². The monoisotopic (exact) mass is 321 g/mol. The van der Waals surface area contributed by atoms with Crippen molar-refractivity contribution in [3.63, 3.8) is 0 Å².